The number of hydrogen-bond acceptors (Lipinski definition) is 4. The molecule has 0 aliphatic carbocycles. The van der Waals surface area contributed by atoms with Crippen LogP contribution in [-0.4, -0.2) is 34.3 Å². The lowest BCUT2D eigenvalue weighted by Crippen LogP contribution is -2.40. The van der Waals surface area contributed by atoms with E-state index in [2.05, 4.69) is 20.1 Å². The molecule has 1 aliphatic heterocycles. The van der Waals surface area contributed by atoms with E-state index >= 15 is 0 Å². The van der Waals surface area contributed by atoms with Gasteiger partial charge in [0.2, 0.25) is 5.95 Å². The summed E-state index contributed by atoms with van der Waals surface area (Å²) >= 11 is 5.87. The molecule has 0 unspecified atom stereocenters. The molecular weight excluding hydrogens is 262 g/mol. The highest BCUT2D eigenvalue weighted by Crippen LogP contribution is 2.21. The third kappa shape index (κ3) is 2.72. The fraction of sp³-hybridized carbons (Fsp3) is 0.385. The summed E-state index contributed by atoms with van der Waals surface area (Å²) in [5.74, 6) is 1.51. The molecule has 100 valence electrons. The number of hydrogen-bond donors (Lipinski definition) is 2. The van der Waals surface area contributed by atoms with Crippen LogP contribution in [-0.2, 0) is 0 Å². The molecule has 0 spiro atoms. The van der Waals surface area contributed by atoms with E-state index in [1.54, 1.807) is 0 Å². The second kappa shape index (κ2) is 5.19. The molecule has 6 heteroatoms. The molecule has 0 bridgehead atoms. The fourth-order valence-electron chi connectivity index (χ4n) is 2.23. The Morgan fingerprint density at radius 1 is 1.21 bits per heavy atom. The predicted octanol–water partition coefficient (Wildman–Crippen LogP) is 2.05. The van der Waals surface area contributed by atoms with Crippen LogP contribution in [0, 0.1) is 0 Å². The van der Waals surface area contributed by atoms with Crippen molar-refractivity contribution in [3.05, 3.63) is 29.3 Å². The zero-order valence-corrected chi connectivity index (χ0v) is 11.3. The number of aromatic nitrogens is 3. The number of halogens is 1. The SMILES string of the molecule is NC1CCN(c2n[nH]c(-c3ccc(Cl)cc3)n2)CC1. The Hall–Kier alpha value is -1.59. The van der Waals surface area contributed by atoms with Crippen molar-refractivity contribution < 1.29 is 0 Å². The van der Waals surface area contributed by atoms with Gasteiger partial charge in [0.05, 0.1) is 0 Å². The first-order valence-electron chi connectivity index (χ1n) is 6.41. The molecule has 1 aromatic heterocycles. The molecule has 0 atom stereocenters. The Balaban J connectivity index is 1.77. The zero-order valence-electron chi connectivity index (χ0n) is 10.5. The molecule has 0 saturated carbocycles. The highest BCUT2D eigenvalue weighted by Gasteiger charge is 2.19. The van der Waals surface area contributed by atoms with Crippen LogP contribution < -0.4 is 10.6 Å². The molecule has 5 nitrogen and oxygen atoms in total. The Morgan fingerprint density at radius 3 is 2.58 bits per heavy atom. The molecule has 2 heterocycles. The molecule has 19 heavy (non-hydrogen) atoms. The first kappa shape index (κ1) is 12.4. The van der Waals surface area contributed by atoms with Gasteiger partial charge in [0, 0.05) is 29.7 Å². The summed E-state index contributed by atoms with van der Waals surface area (Å²) in [6.07, 6.45) is 1.98. The Bertz CT molecular complexity index is 542. The van der Waals surface area contributed by atoms with Gasteiger partial charge >= 0.3 is 0 Å². The van der Waals surface area contributed by atoms with E-state index in [4.69, 9.17) is 17.3 Å². The van der Waals surface area contributed by atoms with Gasteiger partial charge < -0.3 is 10.6 Å². The molecule has 1 aromatic carbocycles. The lowest BCUT2D eigenvalue weighted by molar-refractivity contribution is 0.496. The number of nitrogens with one attached hydrogen (secondary N) is 1. The van der Waals surface area contributed by atoms with E-state index in [1.165, 1.54) is 0 Å². The number of rotatable bonds is 2. The molecule has 2 aromatic rings. The molecule has 1 saturated heterocycles. The number of nitrogens with two attached hydrogens (primary N) is 1. The predicted molar refractivity (Wildman–Crippen MR) is 76.3 cm³/mol. The van der Waals surface area contributed by atoms with Crippen molar-refractivity contribution >= 4 is 17.5 Å². The van der Waals surface area contributed by atoms with Gasteiger partial charge in [-0.3, -0.25) is 5.10 Å². The Labute approximate surface area is 116 Å². The summed E-state index contributed by atoms with van der Waals surface area (Å²) in [4.78, 5) is 6.70. The van der Waals surface area contributed by atoms with Gasteiger partial charge in [0.25, 0.3) is 0 Å². The normalized spacial score (nSPS) is 16.8. The zero-order chi connectivity index (χ0) is 13.2. The summed E-state index contributed by atoms with van der Waals surface area (Å²) < 4.78 is 0. The van der Waals surface area contributed by atoms with E-state index in [1.807, 2.05) is 24.3 Å². The Morgan fingerprint density at radius 2 is 1.89 bits per heavy atom. The van der Waals surface area contributed by atoms with Crippen LogP contribution in [0.3, 0.4) is 0 Å². The summed E-state index contributed by atoms with van der Waals surface area (Å²) in [7, 11) is 0. The lowest BCUT2D eigenvalue weighted by Gasteiger charge is -2.28. The minimum absolute atomic E-state index is 0.311. The highest BCUT2D eigenvalue weighted by molar-refractivity contribution is 6.30. The van der Waals surface area contributed by atoms with Crippen LogP contribution >= 0.6 is 11.6 Å². The Kier molecular flexibility index (Phi) is 3.40. The van der Waals surface area contributed by atoms with Gasteiger partial charge in [0.15, 0.2) is 5.82 Å². The highest BCUT2D eigenvalue weighted by atomic mass is 35.5. The summed E-state index contributed by atoms with van der Waals surface area (Å²) in [5.41, 5.74) is 6.88. The maximum absolute atomic E-state index is 5.90. The summed E-state index contributed by atoms with van der Waals surface area (Å²) in [6.45, 7) is 1.83. The minimum atomic E-state index is 0.311. The second-order valence-electron chi connectivity index (χ2n) is 4.82. The molecule has 3 N–H and O–H groups in total. The van der Waals surface area contributed by atoms with Crippen molar-refractivity contribution in [1.82, 2.24) is 15.2 Å². The average molecular weight is 278 g/mol. The van der Waals surface area contributed by atoms with Crippen LogP contribution in [0.4, 0.5) is 5.95 Å². The average Bonchev–Trinajstić information content (AvgIpc) is 2.90. The largest absolute Gasteiger partial charge is 0.339 e. The van der Waals surface area contributed by atoms with Crippen molar-refractivity contribution in [2.24, 2.45) is 5.73 Å². The molecule has 3 rings (SSSR count). The molecule has 1 aliphatic rings. The van der Waals surface area contributed by atoms with Gasteiger partial charge in [-0.05, 0) is 37.1 Å². The number of piperidine rings is 1. The van der Waals surface area contributed by atoms with Crippen molar-refractivity contribution in [1.29, 1.82) is 0 Å². The molecular formula is C13H16ClN5. The quantitative estimate of drug-likeness (QED) is 0.881. The van der Waals surface area contributed by atoms with Gasteiger partial charge in [-0.1, -0.05) is 11.6 Å². The first-order valence-corrected chi connectivity index (χ1v) is 6.79. The molecule has 1 fully saturated rings. The van der Waals surface area contributed by atoms with E-state index in [-0.39, 0.29) is 0 Å². The van der Waals surface area contributed by atoms with Crippen molar-refractivity contribution in [3.8, 4) is 11.4 Å². The number of anilines is 1. The third-order valence-corrected chi connectivity index (χ3v) is 3.67. The van der Waals surface area contributed by atoms with E-state index in [9.17, 15) is 0 Å². The van der Waals surface area contributed by atoms with Crippen LogP contribution in [0.1, 0.15) is 12.8 Å². The van der Waals surface area contributed by atoms with Crippen LogP contribution in [0.15, 0.2) is 24.3 Å². The number of benzene rings is 1. The van der Waals surface area contributed by atoms with Gasteiger partial charge in [-0.15, -0.1) is 5.10 Å². The third-order valence-electron chi connectivity index (χ3n) is 3.41. The standard InChI is InChI=1S/C13H16ClN5/c14-10-3-1-9(2-4-10)12-16-13(18-17-12)19-7-5-11(15)6-8-19/h1-4,11H,5-8,15H2,(H,16,17,18). The maximum Gasteiger partial charge on any atom is 0.245 e. The van der Waals surface area contributed by atoms with E-state index < -0.39 is 0 Å². The maximum atomic E-state index is 5.90. The number of nitrogens with zero attached hydrogens (tertiary/aromatic N) is 3. The van der Waals surface area contributed by atoms with Gasteiger partial charge in [0.1, 0.15) is 0 Å². The van der Waals surface area contributed by atoms with Crippen LogP contribution in [0.5, 0.6) is 0 Å². The topological polar surface area (TPSA) is 70.8 Å². The molecule has 0 radical (unpaired) electrons. The first-order chi connectivity index (χ1) is 9.22. The fourth-order valence-corrected chi connectivity index (χ4v) is 2.36. The van der Waals surface area contributed by atoms with E-state index in [0.29, 0.717) is 11.1 Å². The van der Waals surface area contributed by atoms with Crippen molar-refractivity contribution in [3.63, 3.8) is 0 Å². The van der Waals surface area contributed by atoms with E-state index in [0.717, 1.165) is 43.3 Å². The van der Waals surface area contributed by atoms with Crippen LogP contribution in [0.25, 0.3) is 11.4 Å². The lowest BCUT2D eigenvalue weighted by atomic mass is 10.1. The van der Waals surface area contributed by atoms with Crippen molar-refractivity contribution in [2.75, 3.05) is 18.0 Å². The van der Waals surface area contributed by atoms with Gasteiger partial charge in [-0.25, -0.2) is 0 Å². The summed E-state index contributed by atoms with van der Waals surface area (Å²) in [5, 5.41) is 7.97. The van der Waals surface area contributed by atoms with Gasteiger partial charge in [-0.2, -0.15) is 4.98 Å². The second-order valence-corrected chi connectivity index (χ2v) is 5.25. The van der Waals surface area contributed by atoms with Crippen molar-refractivity contribution in [2.45, 2.75) is 18.9 Å². The molecule has 0 amide bonds. The monoisotopic (exact) mass is 277 g/mol. The summed E-state index contributed by atoms with van der Waals surface area (Å²) in [6, 6.07) is 7.86. The minimum Gasteiger partial charge on any atom is -0.339 e. The number of aromatic amines is 1. The van der Waals surface area contributed by atoms with Crippen LogP contribution in [0.2, 0.25) is 5.02 Å². The number of H-pyrrole nitrogens is 1. The smallest absolute Gasteiger partial charge is 0.245 e.